The van der Waals surface area contributed by atoms with Gasteiger partial charge in [-0.1, -0.05) is 12.1 Å². The average molecular weight is 340 g/mol. The van der Waals surface area contributed by atoms with Crippen molar-refractivity contribution in [2.75, 3.05) is 0 Å². The molecule has 1 amide bonds. The summed E-state index contributed by atoms with van der Waals surface area (Å²) in [5.74, 6) is -0.368. The third-order valence-electron chi connectivity index (χ3n) is 3.80. The number of hydrogen-bond acceptors (Lipinski definition) is 4. The van der Waals surface area contributed by atoms with Gasteiger partial charge in [0.15, 0.2) is 5.82 Å². The monoisotopic (exact) mass is 340 g/mol. The van der Waals surface area contributed by atoms with E-state index in [-0.39, 0.29) is 11.7 Å². The van der Waals surface area contributed by atoms with E-state index in [1.54, 1.807) is 43.7 Å². The van der Waals surface area contributed by atoms with Crippen LogP contribution in [0, 0.1) is 5.82 Å². The zero-order valence-electron chi connectivity index (χ0n) is 13.5. The number of benzene rings is 1. The standard InChI is InChI=1S/C18H17FN4O2/c1-12(16(24)13-5-7-14(19)8-6-13)22-18(25)15-4-2-9-20-17(15)23-11-3-10-21-23/h2-12,16,24H,1H3,(H,22,25). The molecule has 0 aliphatic rings. The van der Waals surface area contributed by atoms with Gasteiger partial charge in [0.2, 0.25) is 0 Å². The van der Waals surface area contributed by atoms with Crippen LogP contribution in [-0.4, -0.2) is 31.8 Å². The van der Waals surface area contributed by atoms with Crippen LogP contribution in [-0.2, 0) is 0 Å². The van der Waals surface area contributed by atoms with Gasteiger partial charge in [0.05, 0.1) is 17.7 Å². The molecule has 2 heterocycles. The van der Waals surface area contributed by atoms with E-state index >= 15 is 0 Å². The lowest BCUT2D eigenvalue weighted by molar-refractivity contribution is 0.0851. The summed E-state index contributed by atoms with van der Waals surface area (Å²) in [6.45, 7) is 1.68. The number of halogens is 1. The minimum atomic E-state index is -0.964. The van der Waals surface area contributed by atoms with Crippen molar-refractivity contribution in [3.05, 3.63) is 78.0 Å². The lowest BCUT2D eigenvalue weighted by Gasteiger charge is -2.21. The summed E-state index contributed by atoms with van der Waals surface area (Å²) in [4.78, 5) is 16.8. The van der Waals surface area contributed by atoms with Crippen LogP contribution < -0.4 is 5.32 Å². The van der Waals surface area contributed by atoms with Crippen LogP contribution in [0.5, 0.6) is 0 Å². The average Bonchev–Trinajstić information content (AvgIpc) is 3.16. The van der Waals surface area contributed by atoms with Crippen molar-refractivity contribution in [3.8, 4) is 5.82 Å². The Morgan fingerprint density at radius 2 is 1.96 bits per heavy atom. The van der Waals surface area contributed by atoms with E-state index in [9.17, 15) is 14.3 Å². The number of aliphatic hydroxyl groups excluding tert-OH is 1. The molecule has 0 radical (unpaired) electrons. The Labute approximate surface area is 144 Å². The molecule has 6 nitrogen and oxygen atoms in total. The minimum Gasteiger partial charge on any atom is -0.386 e. The fourth-order valence-electron chi connectivity index (χ4n) is 2.46. The SMILES string of the molecule is CC(NC(=O)c1cccnc1-n1cccn1)C(O)c1ccc(F)cc1. The highest BCUT2D eigenvalue weighted by atomic mass is 19.1. The molecule has 0 aliphatic heterocycles. The summed E-state index contributed by atoms with van der Waals surface area (Å²) in [5.41, 5.74) is 0.858. The van der Waals surface area contributed by atoms with E-state index in [0.29, 0.717) is 16.9 Å². The number of amides is 1. The van der Waals surface area contributed by atoms with Gasteiger partial charge < -0.3 is 10.4 Å². The van der Waals surface area contributed by atoms with Crippen molar-refractivity contribution in [1.29, 1.82) is 0 Å². The highest BCUT2D eigenvalue weighted by molar-refractivity contribution is 5.97. The van der Waals surface area contributed by atoms with Gasteiger partial charge in [-0.2, -0.15) is 5.10 Å². The maximum absolute atomic E-state index is 13.0. The van der Waals surface area contributed by atoms with Gasteiger partial charge in [-0.25, -0.2) is 14.1 Å². The molecule has 0 saturated carbocycles. The van der Waals surface area contributed by atoms with Gasteiger partial charge in [-0.3, -0.25) is 4.79 Å². The summed E-state index contributed by atoms with van der Waals surface area (Å²) in [6, 6.07) is 9.96. The molecule has 25 heavy (non-hydrogen) atoms. The van der Waals surface area contributed by atoms with Crippen LogP contribution in [0.15, 0.2) is 61.1 Å². The van der Waals surface area contributed by atoms with Gasteiger partial charge >= 0.3 is 0 Å². The van der Waals surface area contributed by atoms with Crippen LogP contribution >= 0.6 is 0 Å². The molecule has 0 spiro atoms. The van der Waals surface area contributed by atoms with Gasteiger partial charge in [0.1, 0.15) is 5.82 Å². The molecule has 0 saturated heterocycles. The summed E-state index contributed by atoms with van der Waals surface area (Å²) >= 11 is 0. The normalized spacial score (nSPS) is 13.2. The van der Waals surface area contributed by atoms with E-state index in [0.717, 1.165) is 0 Å². The first-order valence-electron chi connectivity index (χ1n) is 7.75. The van der Waals surface area contributed by atoms with E-state index in [1.165, 1.54) is 28.9 Å². The second-order valence-corrected chi connectivity index (χ2v) is 5.58. The molecule has 7 heteroatoms. The van der Waals surface area contributed by atoms with Gasteiger partial charge in [0, 0.05) is 18.6 Å². The van der Waals surface area contributed by atoms with Crippen molar-refractivity contribution in [2.45, 2.75) is 19.1 Å². The van der Waals surface area contributed by atoms with Crippen LogP contribution in [0.3, 0.4) is 0 Å². The molecule has 0 aliphatic carbocycles. The molecule has 0 fully saturated rings. The third kappa shape index (κ3) is 3.72. The highest BCUT2D eigenvalue weighted by Crippen LogP contribution is 2.18. The number of pyridine rings is 1. The fourth-order valence-corrected chi connectivity index (χ4v) is 2.46. The first-order chi connectivity index (χ1) is 12.1. The number of rotatable bonds is 5. The Morgan fingerprint density at radius 1 is 1.20 bits per heavy atom. The summed E-state index contributed by atoms with van der Waals surface area (Å²) in [5, 5.41) is 17.2. The molecular weight excluding hydrogens is 323 g/mol. The zero-order chi connectivity index (χ0) is 17.8. The second kappa shape index (κ2) is 7.23. The largest absolute Gasteiger partial charge is 0.386 e. The number of nitrogens with zero attached hydrogens (tertiary/aromatic N) is 3. The van der Waals surface area contributed by atoms with Crippen molar-refractivity contribution in [3.63, 3.8) is 0 Å². The van der Waals surface area contributed by atoms with E-state index in [2.05, 4.69) is 15.4 Å². The Bertz CT molecular complexity index is 850. The summed E-state index contributed by atoms with van der Waals surface area (Å²) in [7, 11) is 0. The summed E-state index contributed by atoms with van der Waals surface area (Å²) in [6.07, 6.45) is 3.90. The van der Waals surface area contributed by atoms with Gasteiger partial charge in [0.25, 0.3) is 5.91 Å². The molecule has 2 aromatic heterocycles. The zero-order valence-corrected chi connectivity index (χ0v) is 13.5. The van der Waals surface area contributed by atoms with E-state index < -0.39 is 12.1 Å². The smallest absolute Gasteiger partial charge is 0.255 e. The first kappa shape index (κ1) is 16.8. The number of aromatic nitrogens is 3. The van der Waals surface area contributed by atoms with Crippen molar-refractivity contribution in [1.82, 2.24) is 20.1 Å². The van der Waals surface area contributed by atoms with E-state index in [1.807, 2.05) is 0 Å². The molecule has 3 aromatic rings. The third-order valence-corrected chi connectivity index (χ3v) is 3.80. The number of hydrogen-bond donors (Lipinski definition) is 2. The summed E-state index contributed by atoms with van der Waals surface area (Å²) < 4.78 is 14.5. The van der Waals surface area contributed by atoms with Crippen molar-refractivity contribution >= 4 is 5.91 Å². The maximum Gasteiger partial charge on any atom is 0.255 e. The minimum absolute atomic E-state index is 0.337. The number of aliphatic hydroxyl groups is 1. The Hall–Kier alpha value is -3.06. The lowest BCUT2D eigenvalue weighted by Crippen LogP contribution is -2.37. The van der Waals surface area contributed by atoms with Crippen LogP contribution in [0.4, 0.5) is 4.39 Å². The number of carbonyl (C=O) groups excluding carboxylic acids is 1. The Kier molecular flexibility index (Phi) is 4.85. The van der Waals surface area contributed by atoms with E-state index in [4.69, 9.17) is 0 Å². The second-order valence-electron chi connectivity index (χ2n) is 5.58. The molecular formula is C18H17FN4O2. The number of carbonyl (C=O) groups is 1. The Morgan fingerprint density at radius 3 is 2.64 bits per heavy atom. The van der Waals surface area contributed by atoms with Gasteiger partial charge in [-0.15, -0.1) is 0 Å². The highest BCUT2D eigenvalue weighted by Gasteiger charge is 2.21. The number of nitrogens with one attached hydrogen (secondary N) is 1. The van der Waals surface area contributed by atoms with Gasteiger partial charge in [-0.05, 0) is 42.8 Å². The molecule has 128 valence electrons. The van der Waals surface area contributed by atoms with Crippen molar-refractivity contribution in [2.24, 2.45) is 0 Å². The van der Waals surface area contributed by atoms with Crippen LogP contribution in [0.2, 0.25) is 0 Å². The van der Waals surface area contributed by atoms with Crippen LogP contribution in [0.1, 0.15) is 28.9 Å². The molecule has 2 unspecified atom stereocenters. The predicted octanol–water partition coefficient (Wildman–Crippen LogP) is 2.26. The van der Waals surface area contributed by atoms with Crippen LogP contribution in [0.25, 0.3) is 5.82 Å². The molecule has 1 aromatic carbocycles. The molecule has 3 rings (SSSR count). The topological polar surface area (TPSA) is 80.0 Å². The molecule has 2 atom stereocenters. The molecule has 2 N–H and O–H groups in total. The fraction of sp³-hybridized carbons (Fsp3) is 0.167. The van der Waals surface area contributed by atoms with Crippen molar-refractivity contribution < 1.29 is 14.3 Å². The first-order valence-corrected chi connectivity index (χ1v) is 7.75. The predicted molar refractivity (Wildman–Crippen MR) is 89.6 cm³/mol. The Balaban J connectivity index is 1.77. The quantitative estimate of drug-likeness (QED) is 0.747. The molecule has 0 bridgehead atoms. The maximum atomic E-state index is 13.0. The lowest BCUT2D eigenvalue weighted by atomic mass is 10.0.